The lowest BCUT2D eigenvalue weighted by molar-refractivity contribution is -0.388. The van der Waals surface area contributed by atoms with Crippen LogP contribution in [-0.4, -0.2) is 64.3 Å². The van der Waals surface area contributed by atoms with Crippen molar-refractivity contribution >= 4 is 23.3 Å². The molecule has 1 aliphatic heterocycles. The number of carbonyl (C=O) groups is 1. The van der Waals surface area contributed by atoms with Crippen molar-refractivity contribution in [2.75, 3.05) is 36.4 Å². The number of alkyl halides is 3. The fourth-order valence-electron chi connectivity index (χ4n) is 4.54. The van der Waals surface area contributed by atoms with E-state index in [1.807, 2.05) is 11.0 Å². The van der Waals surface area contributed by atoms with E-state index in [4.69, 9.17) is 9.84 Å². The van der Waals surface area contributed by atoms with Gasteiger partial charge in [0.15, 0.2) is 0 Å². The number of halogens is 3. The average molecular weight is 509 g/mol. The smallest absolute Gasteiger partial charge is 0.423 e. The number of carboxylic acid groups (broad SMARTS) is 1. The standard InChI is InChI=1S/C23H26F3N5O5/c24-23(25,26)19-13-16(3-6-20(19)31(34)35)28-15-1-4-17(5-2-15)36-18-7-8-27-21(14-18)29-9-11-30(12-10-29)22(32)33/h3,6-8,13-15,17,28H,1-2,4-5,9-12H2,(H,32,33). The summed E-state index contributed by atoms with van der Waals surface area (Å²) in [5.74, 6) is 1.37. The lowest BCUT2D eigenvalue weighted by Gasteiger charge is -2.34. The van der Waals surface area contributed by atoms with Crippen LogP contribution in [-0.2, 0) is 6.18 Å². The van der Waals surface area contributed by atoms with E-state index in [2.05, 4.69) is 10.3 Å². The van der Waals surface area contributed by atoms with Gasteiger partial charge in [0.2, 0.25) is 0 Å². The second-order valence-electron chi connectivity index (χ2n) is 8.83. The van der Waals surface area contributed by atoms with Gasteiger partial charge in [-0.25, -0.2) is 9.78 Å². The Morgan fingerprint density at radius 1 is 1.11 bits per heavy atom. The Bertz CT molecular complexity index is 1100. The Morgan fingerprint density at radius 3 is 2.42 bits per heavy atom. The van der Waals surface area contributed by atoms with Crippen LogP contribution in [0.5, 0.6) is 5.75 Å². The maximum Gasteiger partial charge on any atom is 0.423 e. The fraction of sp³-hybridized carbons (Fsp3) is 0.478. The number of benzene rings is 1. The molecule has 1 aromatic heterocycles. The number of nitrogens with zero attached hydrogens (tertiary/aromatic N) is 4. The van der Waals surface area contributed by atoms with Crippen LogP contribution in [0.3, 0.4) is 0 Å². The maximum atomic E-state index is 13.2. The Hall–Kier alpha value is -3.77. The molecule has 2 fully saturated rings. The van der Waals surface area contributed by atoms with E-state index < -0.39 is 28.4 Å². The monoisotopic (exact) mass is 509 g/mol. The second-order valence-corrected chi connectivity index (χ2v) is 8.83. The van der Waals surface area contributed by atoms with Crippen molar-refractivity contribution in [3.05, 3.63) is 52.2 Å². The molecule has 0 spiro atoms. The molecule has 1 aliphatic carbocycles. The summed E-state index contributed by atoms with van der Waals surface area (Å²) in [6, 6.07) is 6.47. The van der Waals surface area contributed by atoms with Crippen LogP contribution in [0.4, 0.5) is 35.2 Å². The number of aromatic nitrogens is 1. The molecule has 4 rings (SSSR count). The van der Waals surface area contributed by atoms with Crippen molar-refractivity contribution in [1.29, 1.82) is 0 Å². The van der Waals surface area contributed by atoms with Gasteiger partial charge in [-0.1, -0.05) is 0 Å². The first-order valence-electron chi connectivity index (χ1n) is 11.6. The number of piperazine rings is 1. The van der Waals surface area contributed by atoms with Crippen molar-refractivity contribution in [1.82, 2.24) is 9.88 Å². The first-order chi connectivity index (χ1) is 17.1. The molecule has 1 saturated carbocycles. The lowest BCUT2D eigenvalue weighted by atomic mass is 9.92. The van der Waals surface area contributed by atoms with Crippen molar-refractivity contribution in [3.8, 4) is 5.75 Å². The van der Waals surface area contributed by atoms with E-state index in [-0.39, 0.29) is 17.8 Å². The SMILES string of the molecule is O=C(O)N1CCN(c2cc(OC3CCC(Nc4ccc([N+](=O)[O-])c(C(F)(F)F)c4)CC3)ccn2)CC1. The molecule has 1 saturated heterocycles. The molecule has 36 heavy (non-hydrogen) atoms. The average Bonchev–Trinajstić information content (AvgIpc) is 2.85. The minimum atomic E-state index is -4.82. The minimum Gasteiger partial charge on any atom is -0.490 e. The van der Waals surface area contributed by atoms with Gasteiger partial charge in [-0.15, -0.1) is 0 Å². The van der Waals surface area contributed by atoms with E-state index in [9.17, 15) is 28.1 Å². The quantitative estimate of drug-likeness (QED) is 0.428. The summed E-state index contributed by atoms with van der Waals surface area (Å²) in [7, 11) is 0. The third-order valence-corrected chi connectivity index (χ3v) is 6.44. The van der Waals surface area contributed by atoms with Crippen LogP contribution in [0.25, 0.3) is 0 Å². The van der Waals surface area contributed by atoms with Crippen LogP contribution in [0.1, 0.15) is 31.2 Å². The van der Waals surface area contributed by atoms with Crippen molar-refractivity contribution in [2.45, 2.75) is 44.0 Å². The Morgan fingerprint density at radius 2 is 1.81 bits per heavy atom. The van der Waals surface area contributed by atoms with Crippen molar-refractivity contribution in [2.24, 2.45) is 0 Å². The Labute approximate surface area is 204 Å². The maximum absolute atomic E-state index is 13.2. The molecule has 13 heteroatoms. The molecule has 1 amide bonds. The predicted molar refractivity (Wildman–Crippen MR) is 124 cm³/mol. The molecule has 194 valence electrons. The van der Waals surface area contributed by atoms with Gasteiger partial charge >= 0.3 is 12.3 Å². The summed E-state index contributed by atoms with van der Waals surface area (Å²) in [6.07, 6.45) is -1.47. The number of nitro groups is 1. The minimum absolute atomic E-state index is 0.0650. The number of nitro benzene ring substituents is 1. The summed E-state index contributed by atoms with van der Waals surface area (Å²) in [4.78, 5) is 28.7. The largest absolute Gasteiger partial charge is 0.490 e. The van der Waals surface area contributed by atoms with Gasteiger partial charge in [-0.2, -0.15) is 13.2 Å². The summed E-state index contributed by atoms with van der Waals surface area (Å²) < 4.78 is 45.8. The molecular weight excluding hydrogens is 483 g/mol. The number of hydrogen-bond donors (Lipinski definition) is 2. The van der Waals surface area contributed by atoms with Gasteiger partial charge in [-0.3, -0.25) is 10.1 Å². The third-order valence-electron chi connectivity index (χ3n) is 6.44. The molecule has 1 aromatic carbocycles. The summed E-state index contributed by atoms with van der Waals surface area (Å²) in [6.45, 7) is 1.88. The number of anilines is 2. The number of pyridine rings is 1. The highest BCUT2D eigenvalue weighted by atomic mass is 19.4. The highest BCUT2D eigenvalue weighted by molar-refractivity contribution is 5.65. The topological polar surface area (TPSA) is 121 Å². The number of hydrogen-bond acceptors (Lipinski definition) is 7. The molecular formula is C23H26F3N5O5. The number of amides is 1. The molecule has 2 aromatic rings. The van der Waals surface area contributed by atoms with Gasteiger partial charge in [0.25, 0.3) is 5.69 Å². The highest BCUT2D eigenvalue weighted by Crippen LogP contribution is 2.38. The first kappa shape index (κ1) is 25.3. The lowest BCUT2D eigenvalue weighted by Crippen LogP contribution is -2.48. The van der Waals surface area contributed by atoms with Gasteiger partial charge in [0.05, 0.1) is 11.0 Å². The zero-order valence-corrected chi connectivity index (χ0v) is 19.3. The molecule has 0 radical (unpaired) electrons. The third kappa shape index (κ3) is 6.07. The van der Waals surface area contributed by atoms with E-state index in [1.54, 1.807) is 12.3 Å². The molecule has 2 heterocycles. The fourth-order valence-corrected chi connectivity index (χ4v) is 4.54. The first-order valence-corrected chi connectivity index (χ1v) is 11.6. The van der Waals surface area contributed by atoms with E-state index in [0.29, 0.717) is 63.4 Å². The van der Waals surface area contributed by atoms with Crippen LogP contribution < -0.4 is 15.0 Å². The molecule has 10 nitrogen and oxygen atoms in total. The Kier molecular flexibility index (Phi) is 7.36. The van der Waals surface area contributed by atoms with Crippen LogP contribution >= 0.6 is 0 Å². The van der Waals surface area contributed by atoms with Gasteiger partial charge in [-0.05, 0) is 43.9 Å². The predicted octanol–water partition coefficient (Wildman–Crippen LogP) is 4.61. The summed E-state index contributed by atoms with van der Waals surface area (Å²) >= 11 is 0. The number of nitrogens with one attached hydrogen (secondary N) is 1. The van der Waals surface area contributed by atoms with Gasteiger partial charge in [0.1, 0.15) is 17.1 Å². The number of rotatable bonds is 6. The van der Waals surface area contributed by atoms with E-state index in [0.717, 1.165) is 12.1 Å². The second kappa shape index (κ2) is 10.5. The van der Waals surface area contributed by atoms with E-state index in [1.165, 1.54) is 11.0 Å². The molecule has 0 unspecified atom stereocenters. The molecule has 2 N–H and O–H groups in total. The zero-order chi connectivity index (χ0) is 25.9. The van der Waals surface area contributed by atoms with E-state index >= 15 is 0 Å². The van der Waals surface area contributed by atoms with Crippen molar-refractivity contribution in [3.63, 3.8) is 0 Å². The van der Waals surface area contributed by atoms with Gasteiger partial charge < -0.3 is 25.0 Å². The summed E-state index contributed by atoms with van der Waals surface area (Å²) in [5.41, 5.74) is -2.04. The normalized spacial score (nSPS) is 20.6. The molecule has 0 bridgehead atoms. The molecule has 0 atom stereocenters. The van der Waals surface area contributed by atoms with Gasteiger partial charge in [0, 0.05) is 56.2 Å². The van der Waals surface area contributed by atoms with Crippen LogP contribution in [0.15, 0.2) is 36.5 Å². The Balaban J connectivity index is 1.31. The molecule has 2 aliphatic rings. The van der Waals surface area contributed by atoms with Crippen LogP contribution in [0, 0.1) is 10.1 Å². The zero-order valence-electron chi connectivity index (χ0n) is 19.3. The summed E-state index contributed by atoms with van der Waals surface area (Å²) in [5, 5.41) is 23.1. The van der Waals surface area contributed by atoms with Crippen molar-refractivity contribution < 1.29 is 32.7 Å². The van der Waals surface area contributed by atoms with Crippen LogP contribution in [0.2, 0.25) is 0 Å². The number of ether oxygens (including phenoxy) is 1. The highest BCUT2D eigenvalue weighted by Gasteiger charge is 2.38.